The molecular formula is C27H38N2O7. The smallest absolute Gasteiger partial charge is 0.269 e. The van der Waals surface area contributed by atoms with Gasteiger partial charge in [-0.3, -0.25) is 19.7 Å². The predicted molar refractivity (Wildman–Crippen MR) is 133 cm³/mol. The summed E-state index contributed by atoms with van der Waals surface area (Å²) in [4.78, 5) is 35.3. The predicted octanol–water partition coefficient (Wildman–Crippen LogP) is 3.04. The van der Waals surface area contributed by atoms with Crippen molar-refractivity contribution >= 4 is 22.9 Å². The quantitative estimate of drug-likeness (QED) is 0.278. The summed E-state index contributed by atoms with van der Waals surface area (Å²) >= 11 is 0. The number of Topliss-reactive ketones (excluding diaryl/α,β-unsaturated/α-hetero) is 2. The Morgan fingerprint density at radius 3 is 2.42 bits per heavy atom. The van der Waals surface area contributed by atoms with E-state index in [0.29, 0.717) is 18.0 Å². The molecule has 4 aliphatic carbocycles. The maximum absolute atomic E-state index is 13.4. The number of nitro benzene ring substituents is 1. The summed E-state index contributed by atoms with van der Waals surface area (Å²) in [5.41, 5.74) is 3.50. The molecular weight excluding hydrogens is 464 g/mol. The second kappa shape index (κ2) is 9.50. The average molecular weight is 503 g/mol. The monoisotopic (exact) mass is 502 g/mol. The number of carbonyl (C=O) groups is 2. The van der Waals surface area contributed by atoms with E-state index in [2.05, 4.69) is 6.92 Å². The van der Waals surface area contributed by atoms with Gasteiger partial charge in [-0.2, -0.15) is 0 Å². The van der Waals surface area contributed by atoms with E-state index in [1.807, 2.05) is 6.92 Å². The molecule has 0 spiro atoms. The summed E-state index contributed by atoms with van der Waals surface area (Å²) in [5.74, 6) is 0.380. The Morgan fingerprint density at radius 1 is 1.14 bits per heavy atom. The third kappa shape index (κ3) is 4.15. The number of nitro groups is 1. The van der Waals surface area contributed by atoms with Crippen molar-refractivity contribution in [1.82, 2.24) is 0 Å². The highest BCUT2D eigenvalue weighted by Gasteiger charge is 2.68. The first-order chi connectivity index (χ1) is 16.9. The lowest BCUT2D eigenvalue weighted by Gasteiger charge is -2.60. The van der Waals surface area contributed by atoms with Crippen LogP contribution in [0.2, 0.25) is 0 Å². The number of non-ortho nitro benzene ring substituents is 1. The van der Waals surface area contributed by atoms with Crippen LogP contribution in [0.3, 0.4) is 0 Å². The Labute approximate surface area is 211 Å². The highest BCUT2D eigenvalue weighted by atomic mass is 16.6. The summed E-state index contributed by atoms with van der Waals surface area (Å²) in [6.45, 7) is 3.46. The van der Waals surface area contributed by atoms with E-state index >= 15 is 0 Å². The third-order valence-electron chi connectivity index (χ3n) is 10.2. The van der Waals surface area contributed by atoms with Crippen molar-refractivity contribution in [3.8, 4) is 0 Å². The normalized spacial score (nSPS) is 41.2. The Bertz CT molecular complexity index is 1030. The largest absolute Gasteiger partial charge is 0.399 e. The molecule has 0 unspecified atom stereocenters. The number of nitrogens with two attached hydrogens (primary N) is 1. The molecule has 9 nitrogen and oxygen atoms in total. The fourth-order valence-corrected chi connectivity index (χ4v) is 8.24. The van der Waals surface area contributed by atoms with Crippen LogP contribution >= 0.6 is 0 Å². The molecule has 0 saturated heterocycles. The van der Waals surface area contributed by atoms with Gasteiger partial charge in [0.05, 0.1) is 11.0 Å². The minimum absolute atomic E-state index is 0.0154. The number of fused-ring (bicyclic) bond motifs is 5. The number of nitrogen functional groups attached to an aromatic ring is 1. The zero-order chi connectivity index (χ0) is 26.5. The molecule has 198 valence electrons. The van der Waals surface area contributed by atoms with E-state index in [1.165, 1.54) is 24.3 Å². The van der Waals surface area contributed by atoms with Crippen LogP contribution in [0, 0.1) is 44.6 Å². The number of aliphatic hydroxyl groups excluding tert-OH is 2. The lowest BCUT2D eigenvalue weighted by molar-refractivity contribution is -0.384. The molecule has 8 atom stereocenters. The fraction of sp³-hybridized carbons (Fsp3) is 0.704. The molecule has 0 radical (unpaired) electrons. The van der Waals surface area contributed by atoms with Crippen LogP contribution in [0.1, 0.15) is 65.2 Å². The summed E-state index contributed by atoms with van der Waals surface area (Å²) in [6, 6.07) is 5.74. The Balaban J connectivity index is 0.000000256. The molecule has 36 heavy (non-hydrogen) atoms. The van der Waals surface area contributed by atoms with Crippen LogP contribution in [0.15, 0.2) is 24.3 Å². The van der Waals surface area contributed by atoms with Crippen LogP contribution in [-0.4, -0.2) is 50.1 Å². The number of nitrogens with zero attached hydrogens (tertiary/aromatic N) is 1. The highest BCUT2D eigenvalue weighted by Crippen LogP contribution is 2.67. The molecule has 5 N–H and O–H groups in total. The van der Waals surface area contributed by atoms with Crippen LogP contribution in [0.5, 0.6) is 0 Å². The Morgan fingerprint density at radius 2 is 1.81 bits per heavy atom. The molecule has 0 aliphatic heterocycles. The van der Waals surface area contributed by atoms with E-state index in [-0.39, 0.29) is 47.2 Å². The topological polar surface area (TPSA) is 164 Å². The minimum atomic E-state index is -1.58. The van der Waals surface area contributed by atoms with Crippen molar-refractivity contribution in [1.29, 1.82) is 0 Å². The van der Waals surface area contributed by atoms with Crippen molar-refractivity contribution in [2.75, 3.05) is 12.3 Å². The second-order valence-corrected chi connectivity index (χ2v) is 11.8. The van der Waals surface area contributed by atoms with Gasteiger partial charge in [-0.15, -0.1) is 0 Å². The lowest BCUT2D eigenvalue weighted by Crippen LogP contribution is -2.62. The van der Waals surface area contributed by atoms with Crippen LogP contribution < -0.4 is 5.73 Å². The van der Waals surface area contributed by atoms with E-state index < -0.39 is 28.3 Å². The molecule has 0 heterocycles. The average Bonchev–Trinajstić information content (AvgIpc) is 3.10. The van der Waals surface area contributed by atoms with Crippen molar-refractivity contribution in [2.45, 2.75) is 76.9 Å². The van der Waals surface area contributed by atoms with Crippen molar-refractivity contribution < 1.29 is 29.8 Å². The van der Waals surface area contributed by atoms with Gasteiger partial charge in [-0.25, -0.2) is 0 Å². The van der Waals surface area contributed by atoms with Gasteiger partial charge in [0.25, 0.3) is 5.69 Å². The van der Waals surface area contributed by atoms with E-state index in [1.54, 1.807) is 0 Å². The van der Waals surface area contributed by atoms with Crippen LogP contribution in [0.4, 0.5) is 11.4 Å². The SMILES string of the molecule is C[C@]12CC[C@@H](O)C[C@H]1CC[C@@H]1[C@@H]2C(=O)C[C@@]2(C)[C@H]1CC[C@]2(O)C(=O)CO.Nc1ccc([N+](=O)[O-])cc1. The maximum atomic E-state index is 13.4. The van der Waals surface area contributed by atoms with Crippen LogP contribution in [-0.2, 0) is 9.59 Å². The van der Waals surface area contributed by atoms with E-state index in [0.717, 1.165) is 38.5 Å². The van der Waals surface area contributed by atoms with E-state index in [4.69, 9.17) is 5.73 Å². The molecule has 4 saturated carbocycles. The van der Waals surface area contributed by atoms with Crippen molar-refractivity contribution in [3.05, 3.63) is 34.4 Å². The number of ketones is 2. The molecule has 1 aromatic carbocycles. The number of rotatable bonds is 3. The van der Waals surface area contributed by atoms with Crippen molar-refractivity contribution in [3.63, 3.8) is 0 Å². The first-order valence-corrected chi connectivity index (χ1v) is 12.9. The maximum Gasteiger partial charge on any atom is 0.269 e. The molecule has 0 aromatic heterocycles. The van der Waals surface area contributed by atoms with Gasteiger partial charge in [0.1, 0.15) is 18.0 Å². The molecule has 4 aliphatic rings. The summed E-state index contributed by atoms with van der Waals surface area (Å²) in [5, 5.41) is 40.7. The van der Waals surface area contributed by atoms with Gasteiger partial charge in [0, 0.05) is 35.6 Å². The number of aliphatic hydroxyl groups is 3. The van der Waals surface area contributed by atoms with Gasteiger partial charge >= 0.3 is 0 Å². The first kappa shape index (κ1) is 26.7. The minimum Gasteiger partial charge on any atom is -0.399 e. The zero-order valence-corrected chi connectivity index (χ0v) is 21.1. The third-order valence-corrected chi connectivity index (χ3v) is 10.2. The van der Waals surface area contributed by atoms with Gasteiger partial charge in [-0.1, -0.05) is 13.8 Å². The molecule has 0 bridgehead atoms. The molecule has 4 fully saturated rings. The van der Waals surface area contributed by atoms with Crippen LogP contribution in [0.25, 0.3) is 0 Å². The molecule has 0 amide bonds. The molecule has 9 heteroatoms. The number of hydrogen-bond donors (Lipinski definition) is 4. The summed E-state index contributed by atoms with van der Waals surface area (Å²) in [6.07, 6.45) is 5.47. The Kier molecular flexibility index (Phi) is 7.05. The molecule has 5 rings (SSSR count). The molecule has 1 aromatic rings. The number of anilines is 1. The van der Waals surface area contributed by atoms with Crippen molar-refractivity contribution in [2.24, 2.45) is 34.5 Å². The second-order valence-electron chi connectivity index (χ2n) is 11.8. The first-order valence-electron chi connectivity index (χ1n) is 12.9. The van der Waals surface area contributed by atoms with Gasteiger partial charge in [0.2, 0.25) is 0 Å². The number of carbonyl (C=O) groups excluding carboxylic acids is 2. The van der Waals surface area contributed by atoms with Gasteiger partial charge in [0.15, 0.2) is 5.78 Å². The highest BCUT2D eigenvalue weighted by molar-refractivity contribution is 5.92. The standard InChI is InChI=1S/C21H32O5.C6H6N2O2/c1-19-7-5-13(23)9-12(19)3-4-14-15-6-8-21(26,17(25)11-22)20(15,2)10-16(24)18(14)19;7-5-1-3-6(4-2-5)8(9)10/h12-15,18,22-23,26H,3-11H2,1-2H3;1-4H,7H2/t12-,13-,14+,15+,18-,19+,20+,21+;/m1./s1. The Hall–Kier alpha value is -2.36. The van der Waals surface area contributed by atoms with Gasteiger partial charge in [-0.05, 0) is 80.2 Å². The fourth-order valence-electron chi connectivity index (χ4n) is 8.24. The van der Waals surface area contributed by atoms with E-state index in [9.17, 15) is 35.0 Å². The van der Waals surface area contributed by atoms with Gasteiger partial charge < -0.3 is 21.1 Å². The summed E-state index contributed by atoms with van der Waals surface area (Å²) in [7, 11) is 0. The zero-order valence-electron chi connectivity index (χ0n) is 21.1. The lowest BCUT2D eigenvalue weighted by atomic mass is 9.44. The summed E-state index contributed by atoms with van der Waals surface area (Å²) < 4.78 is 0. The number of benzene rings is 1. The number of hydrogen-bond acceptors (Lipinski definition) is 8.